The first kappa shape index (κ1) is 11.2. The fraction of sp³-hybridized carbons (Fsp3) is 0.583. The Labute approximate surface area is 96.0 Å². The van der Waals surface area contributed by atoms with E-state index in [0.29, 0.717) is 0 Å². The molecular weight excluding hydrogens is 202 g/mol. The van der Waals surface area contributed by atoms with Crippen LogP contribution >= 0.6 is 0 Å². The third-order valence-corrected chi connectivity index (χ3v) is 3.14. The Kier molecular flexibility index (Phi) is 3.29. The fourth-order valence-electron chi connectivity index (χ4n) is 2.12. The number of anilines is 1. The molecule has 1 saturated heterocycles. The number of hydrogen-bond donors (Lipinski definition) is 2. The maximum Gasteiger partial charge on any atom is 0.242 e. The van der Waals surface area contributed by atoms with E-state index in [1.165, 1.54) is 6.42 Å². The van der Waals surface area contributed by atoms with Gasteiger partial charge in [-0.25, -0.2) is 0 Å². The normalized spacial score (nSPS) is 20.8. The molecule has 0 unspecified atom stereocenters. The van der Waals surface area contributed by atoms with Gasteiger partial charge in [0.15, 0.2) is 0 Å². The molecule has 0 aromatic carbocycles. The van der Waals surface area contributed by atoms with Crippen LogP contribution in [0.2, 0.25) is 0 Å². The standard InChI is InChI=1S/C12H19N3O/c1-9-6-8-15(2)11(9)14-12(16)10-5-3-4-7-13-10/h6,8,10,13H,3-5,7H2,1-2H3,(H,14,16)/t10-/m0/s1. The van der Waals surface area contributed by atoms with E-state index >= 15 is 0 Å². The monoisotopic (exact) mass is 221 g/mol. The third kappa shape index (κ3) is 2.27. The van der Waals surface area contributed by atoms with Gasteiger partial charge in [-0.15, -0.1) is 0 Å². The Balaban J connectivity index is 2.01. The van der Waals surface area contributed by atoms with E-state index in [9.17, 15) is 4.79 Å². The van der Waals surface area contributed by atoms with E-state index in [1.807, 2.05) is 30.8 Å². The van der Waals surface area contributed by atoms with Gasteiger partial charge in [0.25, 0.3) is 0 Å². The minimum Gasteiger partial charge on any atom is -0.337 e. The molecular formula is C12H19N3O. The second-order valence-corrected chi connectivity index (χ2v) is 4.45. The minimum atomic E-state index is -0.0250. The van der Waals surface area contributed by atoms with E-state index in [-0.39, 0.29) is 11.9 Å². The molecule has 0 saturated carbocycles. The van der Waals surface area contributed by atoms with Crippen molar-refractivity contribution in [3.63, 3.8) is 0 Å². The zero-order chi connectivity index (χ0) is 11.5. The van der Waals surface area contributed by atoms with Gasteiger partial charge >= 0.3 is 0 Å². The van der Waals surface area contributed by atoms with Crippen molar-refractivity contribution >= 4 is 11.7 Å². The summed E-state index contributed by atoms with van der Waals surface area (Å²) >= 11 is 0. The lowest BCUT2D eigenvalue weighted by Gasteiger charge is -2.22. The first-order chi connectivity index (χ1) is 7.68. The van der Waals surface area contributed by atoms with Crippen molar-refractivity contribution in [3.05, 3.63) is 17.8 Å². The summed E-state index contributed by atoms with van der Waals surface area (Å²) in [4.78, 5) is 12.0. The lowest BCUT2D eigenvalue weighted by atomic mass is 10.0. The second kappa shape index (κ2) is 4.70. The number of aromatic nitrogens is 1. The van der Waals surface area contributed by atoms with Crippen molar-refractivity contribution in [1.29, 1.82) is 0 Å². The van der Waals surface area contributed by atoms with Crippen LogP contribution in [0.5, 0.6) is 0 Å². The van der Waals surface area contributed by atoms with E-state index < -0.39 is 0 Å². The third-order valence-electron chi connectivity index (χ3n) is 3.14. The predicted octanol–water partition coefficient (Wildman–Crippen LogP) is 1.41. The maximum atomic E-state index is 12.0. The second-order valence-electron chi connectivity index (χ2n) is 4.45. The molecule has 4 heteroatoms. The molecule has 0 spiro atoms. The number of carbonyl (C=O) groups excluding carboxylic acids is 1. The Morgan fingerprint density at radius 1 is 1.56 bits per heavy atom. The first-order valence-corrected chi connectivity index (χ1v) is 5.84. The molecule has 1 fully saturated rings. The molecule has 1 aliphatic rings. The van der Waals surface area contributed by atoms with Gasteiger partial charge in [-0.1, -0.05) is 6.42 Å². The van der Waals surface area contributed by atoms with E-state index in [2.05, 4.69) is 10.6 Å². The Hall–Kier alpha value is -1.29. The Morgan fingerprint density at radius 3 is 2.94 bits per heavy atom. The van der Waals surface area contributed by atoms with Crippen LogP contribution in [-0.4, -0.2) is 23.1 Å². The van der Waals surface area contributed by atoms with Crippen LogP contribution < -0.4 is 10.6 Å². The molecule has 1 atom stereocenters. The molecule has 16 heavy (non-hydrogen) atoms. The lowest BCUT2D eigenvalue weighted by molar-refractivity contribution is -0.118. The summed E-state index contributed by atoms with van der Waals surface area (Å²) in [7, 11) is 1.94. The average Bonchev–Trinajstić information content (AvgIpc) is 2.62. The number of amides is 1. The molecule has 1 aromatic rings. The van der Waals surface area contributed by atoms with Crippen molar-refractivity contribution in [2.45, 2.75) is 32.2 Å². The smallest absolute Gasteiger partial charge is 0.242 e. The highest BCUT2D eigenvalue weighted by Gasteiger charge is 2.21. The molecule has 1 aromatic heterocycles. The van der Waals surface area contributed by atoms with Gasteiger partial charge in [0.05, 0.1) is 6.04 Å². The summed E-state index contributed by atoms with van der Waals surface area (Å²) in [6.45, 7) is 2.95. The zero-order valence-corrected chi connectivity index (χ0v) is 9.92. The predicted molar refractivity (Wildman–Crippen MR) is 64.4 cm³/mol. The largest absolute Gasteiger partial charge is 0.337 e. The number of hydrogen-bond acceptors (Lipinski definition) is 2. The Morgan fingerprint density at radius 2 is 2.38 bits per heavy atom. The highest BCUT2D eigenvalue weighted by Crippen LogP contribution is 2.16. The Bertz CT molecular complexity index is 358. The summed E-state index contributed by atoms with van der Waals surface area (Å²) in [6, 6.07) is 1.98. The average molecular weight is 221 g/mol. The van der Waals surface area contributed by atoms with Crippen LogP contribution in [0.3, 0.4) is 0 Å². The molecule has 1 amide bonds. The molecule has 4 nitrogen and oxygen atoms in total. The van der Waals surface area contributed by atoms with Crippen LogP contribution in [0.25, 0.3) is 0 Å². The first-order valence-electron chi connectivity index (χ1n) is 5.84. The van der Waals surface area contributed by atoms with Crippen molar-refractivity contribution in [1.82, 2.24) is 9.88 Å². The lowest BCUT2D eigenvalue weighted by Crippen LogP contribution is -2.43. The number of aryl methyl sites for hydroxylation is 2. The van der Waals surface area contributed by atoms with Gasteiger partial charge < -0.3 is 15.2 Å². The van der Waals surface area contributed by atoms with Gasteiger partial charge in [-0.05, 0) is 37.9 Å². The van der Waals surface area contributed by atoms with E-state index in [1.54, 1.807) is 0 Å². The summed E-state index contributed by atoms with van der Waals surface area (Å²) in [5.41, 5.74) is 1.10. The SMILES string of the molecule is Cc1ccn(C)c1NC(=O)[C@@H]1CCCCN1. The zero-order valence-electron chi connectivity index (χ0n) is 9.92. The molecule has 0 radical (unpaired) electrons. The van der Waals surface area contributed by atoms with E-state index in [0.717, 1.165) is 30.8 Å². The highest BCUT2D eigenvalue weighted by molar-refractivity contribution is 5.94. The molecule has 88 valence electrons. The number of nitrogens with zero attached hydrogens (tertiary/aromatic N) is 1. The maximum absolute atomic E-state index is 12.0. The van der Waals surface area contributed by atoms with Crippen LogP contribution in [0.1, 0.15) is 24.8 Å². The summed E-state index contributed by atoms with van der Waals surface area (Å²) in [5, 5.41) is 6.24. The molecule has 0 aliphatic carbocycles. The van der Waals surface area contributed by atoms with Crippen LogP contribution in [-0.2, 0) is 11.8 Å². The quantitative estimate of drug-likeness (QED) is 0.793. The van der Waals surface area contributed by atoms with Crippen LogP contribution in [0.15, 0.2) is 12.3 Å². The van der Waals surface area contributed by atoms with Gasteiger partial charge in [0.2, 0.25) is 5.91 Å². The molecule has 2 rings (SSSR count). The van der Waals surface area contributed by atoms with Crippen LogP contribution in [0, 0.1) is 6.92 Å². The molecule has 2 heterocycles. The summed E-state index contributed by atoms with van der Waals surface area (Å²) in [5.74, 6) is 0.988. The van der Waals surface area contributed by atoms with Crippen molar-refractivity contribution in [2.75, 3.05) is 11.9 Å². The topological polar surface area (TPSA) is 46.1 Å². The molecule has 0 bridgehead atoms. The number of carbonyl (C=O) groups is 1. The van der Waals surface area contributed by atoms with Gasteiger partial charge in [-0.3, -0.25) is 4.79 Å². The summed E-state index contributed by atoms with van der Waals surface area (Å²) in [6.07, 6.45) is 5.21. The molecule has 2 N–H and O–H groups in total. The minimum absolute atomic E-state index is 0.0250. The number of rotatable bonds is 2. The summed E-state index contributed by atoms with van der Waals surface area (Å²) < 4.78 is 1.94. The fourth-order valence-corrected chi connectivity index (χ4v) is 2.12. The van der Waals surface area contributed by atoms with Crippen molar-refractivity contribution < 1.29 is 4.79 Å². The number of piperidine rings is 1. The number of nitrogens with one attached hydrogen (secondary N) is 2. The van der Waals surface area contributed by atoms with Gasteiger partial charge in [0, 0.05) is 13.2 Å². The highest BCUT2D eigenvalue weighted by atomic mass is 16.2. The van der Waals surface area contributed by atoms with Gasteiger partial charge in [0.1, 0.15) is 5.82 Å². The molecule has 1 aliphatic heterocycles. The van der Waals surface area contributed by atoms with E-state index in [4.69, 9.17) is 0 Å². The van der Waals surface area contributed by atoms with Gasteiger partial charge in [-0.2, -0.15) is 0 Å². The van der Waals surface area contributed by atoms with Crippen molar-refractivity contribution in [2.24, 2.45) is 7.05 Å². The van der Waals surface area contributed by atoms with Crippen molar-refractivity contribution in [3.8, 4) is 0 Å². The van der Waals surface area contributed by atoms with Crippen LogP contribution in [0.4, 0.5) is 5.82 Å².